The molecule has 146 valence electrons. The van der Waals surface area contributed by atoms with Gasteiger partial charge < -0.3 is 19.5 Å². The Morgan fingerprint density at radius 1 is 1.00 bits per heavy atom. The Hall–Kier alpha value is -2.78. The number of sulfonamides is 1. The molecule has 1 N–H and O–H groups in total. The van der Waals surface area contributed by atoms with E-state index in [0.29, 0.717) is 22.9 Å². The molecule has 0 heterocycles. The first-order valence-corrected chi connectivity index (χ1v) is 9.39. The predicted octanol–water partition coefficient (Wildman–Crippen LogP) is 1.97. The summed E-state index contributed by atoms with van der Waals surface area (Å²) in [5.74, 6) is 1.04. The number of nitrogens with one attached hydrogen (secondary N) is 1. The summed E-state index contributed by atoms with van der Waals surface area (Å²) in [4.78, 5) is 12.3. The van der Waals surface area contributed by atoms with Gasteiger partial charge >= 0.3 is 0 Å². The summed E-state index contributed by atoms with van der Waals surface area (Å²) in [7, 11) is 2.43. The van der Waals surface area contributed by atoms with Crippen LogP contribution in [0.25, 0.3) is 0 Å². The molecule has 0 saturated heterocycles. The number of methoxy groups -OCH3 is 2. The van der Waals surface area contributed by atoms with Crippen LogP contribution >= 0.6 is 0 Å². The highest BCUT2D eigenvalue weighted by Gasteiger charge is 2.17. The van der Waals surface area contributed by atoms with Crippen molar-refractivity contribution in [3.8, 4) is 17.2 Å². The normalized spacial score (nSPS) is 11.1. The summed E-state index contributed by atoms with van der Waals surface area (Å²) >= 11 is 0. The molecule has 27 heavy (non-hydrogen) atoms. The van der Waals surface area contributed by atoms with Gasteiger partial charge in [-0.25, -0.2) is 12.7 Å². The minimum Gasteiger partial charge on any atom is -0.497 e. The van der Waals surface area contributed by atoms with E-state index < -0.39 is 15.9 Å². The Balaban J connectivity index is 2.00. The third kappa shape index (κ3) is 5.11. The molecule has 2 aromatic carbocycles. The van der Waals surface area contributed by atoms with E-state index in [1.807, 2.05) is 0 Å². The van der Waals surface area contributed by atoms with E-state index >= 15 is 0 Å². The van der Waals surface area contributed by atoms with Crippen LogP contribution in [-0.4, -0.2) is 53.6 Å². The number of carbonyl (C=O) groups excluding carboxylic acids is 1. The van der Waals surface area contributed by atoms with Gasteiger partial charge in [-0.1, -0.05) is 0 Å². The summed E-state index contributed by atoms with van der Waals surface area (Å²) in [5.41, 5.74) is 0.456. The molecule has 1 amide bonds. The Kier molecular flexibility index (Phi) is 6.65. The van der Waals surface area contributed by atoms with Crippen LogP contribution in [0.3, 0.4) is 0 Å². The minimum absolute atomic E-state index is 0.144. The molecular weight excluding hydrogens is 372 g/mol. The van der Waals surface area contributed by atoms with Crippen LogP contribution in [0, 0.1) is 0 Å². The first-order valence-electron chi connectivity index (χ1n) is 7.95. The van der Waals surface area contributed by atoms with E-state index in [1.54, 1.807) is 18.2 Å². The van der Waals surface area contributed by atoms with Gasteiger partial charge in [0.2, 0.25) is 10.0 Å². The minimum atomic E-state index is -3.51. The molecule has 0 unspecified atom stereocenters. The third-order valence-corrected chi connectivity index (χ3v) is 5.48. The fraction of sp³-hybridized carbons (Fsp3) is 0.278. The number of benzene rings is 2. The van der Waals surface area contributed by atoms with E-state index in [4.69, 9.17) is 14.2 Å². The van der Waals surface area contributed by atoms with Gasteiger partial charge in [-0.05, 0) is 36.4 Å². The van der Waals surface area contributed by atoms with Crippen molar-refractivity contribution < 1.29 is 27.4 Å². The van der Waals surface area contributed by atoms with Gasteiger partial charge in [0.25, 0.3) is 5.91 Å². The summed E-state index contributed by atoms with van der Waals surface area (Å²) < 4.78 is 40.9. The van der Waals surface area contributed by atoms with Crippen molar-refractivity contribution in [3.05, 3.63) is 42.5 Å². The predicted molar refractivity (Wildman–Crippen MR) is 101 cm³/mol. The lowest BCUT2D eigenvalue weighted by Gasteiger charge is -2.13. The number of carbonyl (C=O) groups is 1. The molecule has 2 aromatic rings. The van der Waals surface area contributed by atoms with Crippen LogP contribution in [0.1, 0.15) is 0 Å². The van der Waals surface area contributed by atoms with E-state index in [1.165, 1.54) is 52.6 Å². The van der Waals surface area contributed by atoms with Crippen LogP contribution in [0.2, 0.25) is 0 Å². The van der Waals surface area contributed by atoms with E-state index in [9.17, 15) is 13.2 Å². The van der Waals surface area contributed by atoms with E-state index in [0.717, 1.165) is 4.31 Å². The smallest absolute Gasteiger partial charge is 0.262 e. The zero-order valence-corrected chi connectivity index (χ0v) is 16.4. The zero-order valence-electron chi connectivity index (χ0n) is 15.6. The second-order valence-corrected chi connectivity index (χ2v) is 7.81. The van der Waals surface area contributed by atoms with Gasteiger partial charge in [0.15, 0.2) is 6.61 Å². The first kappa shape index (κ1) is 20.5. The van der Waals surface area contributed by atoms with Crippen molar-refractivity contribution in [2.45, 2.75) is 4.90 Å². The molecule has 0 saturated carbocycles. The molecule has 2 rings (SSSR count). The number of ether oxygens (including phenoxy) is 3. The molecule has 8 nitrogen and oxygen atoms in total. The lowest BCUT2D eigenvalue weighted by molar-refractivity contribution is -0.118. The lowest BCUT2D eigenvalue weighted by atomic mass is 10.2. The topological polar surface area (TPSA) is 94.2 Å². The molecule has 0 aliphatic rings. The number of anilines is 1. The van der Waals surface area contributed by atoms with Gasteiger partial charge in [-0.3, -0.25) is 4.79 Å². The molecule has 0 fully saturated rings. The third-order valence-electron chi connectivity index (χ3n) is 3.65. The average Bonchev–Trinajstić information content (AvgIpc) is 2.66. The Morgan fingerprint density at radius 2 is 1.63 bits per heavy atom. The Morgan fingerprint density at radius 3 is 2.19 bits per heavy atom. The monoisotopic (exact) mass is 394 g/mol. The second kappa shape index (κ2) is 8.74. The van der Waals surface area contributed by atoms with Crippen LogP contribution in [0.5, 0.6) is 17.2 Å². The fourth-order valence-corrected chi connectivity index (χ4v) is 3.07. The molecule has 0 radical (unpaired) electrons. The SMILES string of the molecule is COc1ccc(OC)c(NC(=O)COc2ccc(S(=O)(=O)N(C)C)cc2)c1. The molecule has 0 aliphatic carbocycles. The summed E-state index contributed by atoms with van der Waals surface area (Å²) in [6.07, 6.45) is 0. The highest BCUT2D eigenvalue weighted by molar-refractivity contribution is 7.89. The van der Waals surface area contributed by atoms with Gasteiger partial charge in [0, 0.05) is 20.2 Å². The summed E-state index contributed by atoms with van der Waals surface area (Å²) in [5, 5.41) is 2.69. The summed E-state index contributed by atoms with van der Waals surface area (Å²) in [6, 6.07) is 10.9. The largest absolute Gasteiger partial charge is 0.497 e. The molecule has 0 aromatic heterocycles. The standard InChI is InChI=1S/C18H22N2O6S/c1-20(2)27(22,23)15-8-5-13(6-9-15)26-12-18(21)19-16-11-14(24-3)7-10-17(16)25-4/h5-11H,12H2,1-4H3,(H,19,21). The molecule has 9 heteroatoms. The van der Waals surface area contributed by atoms with Crippen molar-refractivity contribution in [2.75, 3.05) is 40.2 Å². The van der Waals surface area contributed by atoms with Gasteiger partial charge in [0.05, 0.1) is 24.8 Å². The highest BCUT2D eigenvalue weighted by atomic mass is 32.2. The van der Waals surface area contributed by atoms with Crippen molar-refractivity contribution in [1.29, 1.82) is 0 Å². The maximum atomic E-state index is 12.1. The van der Waals surface area contributed by atoms with Crippen molar-refractivity contribution in [2.24, 2.45) is 0 Å². The number of nitrogens with zero attached hydrogens (tertiary/aromatic N) is 1. The Labute approximate surface area is 158 Å². The number of rotatable bonds is 8. The van der Waals surface area contributed by atoms with E-state index in [2.05, 4.69) is 5.32 Å². The highest BCUT2D eigenvalue weighted by Crippen LogP contribution is 2.28. The average molecular weight is 394 g/mol. The maximum absolute atomic E-state index is 12.1. The number of hydrogen-bond acceptors (Lipinski definition) is 6. The zero-order chi connectivity index (χ0) is 20.0. The van der Waals surface area contributed by atoms with Gasteiger partial charge in [0.1, 0.15) is 17.2 Å². The van der Waals surface area contributed by atoms with Crippen molar-refractivity contribution in [3.63, 3.8) is 0 Å². The molecule has 0 spiro atoms. The van der Waals surface area contributed by atoms with Crippen molar-refractivity contribution in [1.82, 2.24) is 4.31 Å². The lowest BCUT2D eigenvalue weighted by Crippen LogP contribution is -2.22. The maximum Gasteiger partial charge on any atom is 0.262 e. The van der Waals surface area contributed by atoms with Gasteiger partial charge in [-0.15, -0.1) is 0 Å². The molecular formula is C18H22N2O6S. The first-order chi connectivity index (χ1) is 12.8. The number of amides is 1. The molecule has 0 bridgehead atoms. The quantitative estimate of drug-likeness (QED) is 0.736. The van der Waals surface area contributed by atoms with E-state index in [-0.39, 0.29) is 11.5 Å². The second-order valence-electron chi connectivity index (χ2n) is 5.66. The van der Waals surface area contributed by atoms with Crippen LogP contribution < -0.4 is 19.5 Å². The fourth-order valence-electron chi connectivity index (χ4n) is 2.17. The van der Waals surface area contributed by atoms with Crippen LogP contribution in [0.4, 0.5) is 5.69 Å². The van der Waals surface area contributed by atoms with Crippen molar-refractivity contribution >= 4 is 21.6 Å². The van der Waals surface area contributed by atoms with Crippen LogP contribution in [-0.2, 0) is 14.8 Å². The molecule has 0 atom stereocenters. The Bertz CT molecular complexity index is 895. The number of hydrogen-bond donors (Lipinski definition) is 1. The summed E-state index contributed by atoms with van der Waals surface area (Å²) in [6.45, 7) is -0.250. The van der Waals surface area contributed by atoms with Gasteiger partial charge in [-0.2, -0.15) is 0 Å². The van der Waals surface area contributed by atoms with Crippen LogP contribution in [0.15, 0.2) is 47.4 Å². The molecule has 0 aliphatic heterocycles.